The van der Waals surface area contributed by atoms with E-state index in [0.29, 0.717) is 17.7 Å². The number of hydrogen-bond acceptors (Lipinski definition) is 5. The summed E-state index contributed by atoms with van der Waals surface area (Å²) < 4.78 is 5.03. The van der Waals surface area contributed by atoms with E-state index in [1.807, 2.05) is 6.92 Å². The van der Waals surface area contributed by atoms with Crippen molar-refractivity contribution in [2.24, 2.45) is 11.8 Å². The third-order valence-corrected chi connectivity index (χ3v) is 4.52. The number of likely N-dealkylation sites (tertiary alicyclic amines) is 1. The molecule has 0 spiro atoms. The van der Waals surface area contributed by atoms with Crippen molar-refractivity contribution in [3.63, 3.8) is 0 Å². The zero-order chi connectivity index (χ0) is 14.7. The molecule has 1 aromatic rings. The summed E-state index contributed by atoms with van der Waals surface area (Å²) in [6.07, 6.45) is 5.16. The van der Waals surface area contributed by atoms with Crippen molar-refractivity contribution in [2.45, 2.75) is 39.0 Å². The van der Waals surface area contributed by atoms with Crippen LogP contribution in [0.4, 0.5) is 0 Å². The molecule has 2 aliphatic rings. The van der Waals surface area contributed by atoms with Crippen molar-refractivity contribution in [3.8, 4) is 0 Å². The van der Waals surface area contributed by atoms with Gasteiger partial charge in [-0.3, -0.25) is 4.79 Å². The number of nitrogens with zero attached hydrogens (tertiary/aromatic N) is 3. The van der Waals surface area contributed by atoms with E-state index in [1.54, 1.807) is 0 Å². The highest BCUT2D eigenvalue weighted by atomic mass is 16.5. The largest absolute Gasteiger partial charge is 0.342 e. The van der Waals surface area contributed by atoms with Crippen LogP contribution in [0.5, 0.6) is 0 Å². The number of carbonyl (C=O) groups excluding carboxylic acids is 1. The van der Waals surface area contributed by atoms with Gasteiger partial charge < -0.3 is 14.7 Å². The number of piperidine rings is 2. The highest BCUT2D eigenvalue weighted by Crippen LogP contribution is 2.23. The lowest BCUT2D eigenvalue weighted by Crippen LogP contribution is -2.47. The molecule has 6 heteroatoms. The van der Waals surface area contributed by atoms with Crippen LogP contribution in [-0.2, 0) is 11.2 Å². The fourth-order valence-corrected chi connectivity index (χ4v) is 3.44. The van der Waals surface area contributed by atoms with Crippen LogP contribution in [0.3, 0.4) is 0 Å². The first kappa shape index (κ1) is 14.5. The van der Waals surface area contributed by atoms with Gasteiger partial charge in [-0.25, -0.2) is 0 Å². The fourth-order valence-electron chi connectivity index (χ4n) is 3.44. The molecule has 2 saturated heterocycles. The maximum Gasteiger partial charge on any atom is 0.226 e. The second-order valence-electron chi connectivity index (χ2n) is 6.27. The van der Waals surface area contributed by atoms with Gasteiger partial charge in [0, 0.05) is 33.0 Å². The summed E-state index contributed by atoms with van der Waals surface area (Å²) in [5.74, 6) is 2.34. The van der Waals surface area contributed by atoms with E-state index in [2.05, 4.69) is 20.4 Å². The normalized spacial score (nSPS) is 26.8. The molecule has 1 aromatic heterocycles. The molecule has 0 saturated carbocycles. The Morgan fingerprint density at radius 2 is 2.33 bits per heavy atom. The molecule has 0 aromatic carbocycles. The van der Waals surface area contributed by atoms with Crippen molar-refractivity contribution in [3.05, 3.63) is 11.7 Å². The first-order chi connectivity index (χ1) is 10.2. The Morgan fingerprint density at radius 1 is 1.43 bits per heavy atom. The zero-order valence-corrected chi connectivity index (χ0v) is 12.7. The van der Waals surface area contributed by atoms with E-state index < -0.39 is 0 Å². The first-order valence-electron chi connectivity index (χ1n) is 8.01. The number of rotatable bonds is 3. The van der Waals surface area contributed by atoms with Crippen molar-refractivity contribution in [1.29, 1.82) is 0 Å². The SMILES string of the molecule is Cc1nc(C[C@@H]2CCCN(C(=O)[C@@H]3CCCNC3)C2)no1. The topological polar surface area (TPSA) is 71.3 Å². The number of aryl methyl sites for hydroxylation is 1. The lowest BCUT2D eigenvalue weighted by molar-refractivity contribution is -0.137. The van der Waals surface area contributed by atoms with Crippen LogP contribution in [0.25, 0.3) is 0 Å². The fraction of sp³-hybridized carbons (Fsp3) is 0.800. The number of nitrogens with one attached hydrogen (secondary N) is 1. The maximum absolute atomic E-state index is 12.6. The predicted octanol–water partition coefficient (Wildman–Crippen LogP) is 1.16. The van der Waals surface area contributed by atoms with Crippen molar-refractivity contribution in [1.82, 2.24) is 20.4 Å². The van der Waals surface area contributed by atoms with Gasteiger partial charge in [0.2, 0.25) is 11.8 Å². The second kappa shape index (κ2) is 6.56. The van der Waals surface area contributed by atoms with Gasteiger partial charge in [0.05, 0.1) is 5.92 Å². The smallest absolute Gasteiger partial charge is 0.226 e. The average molecular weight is 292 g/mol. The van der Waals surface area contributed by atoms with Gasteiger partial charge in [-0.1, -0.05) is 5.16 Å². The third kappa shape index (κ3) is 3.61. The quantitative estimate of drug-likeness (QED) is 0.905. The van der Waals surface area contributed by atoms with E-state index in [0.717, 1.165) is 64.1 Å². The molecule has 1 N–H and O–H groups in total. The van der Waals surface area contributed by atoms with Gasteiger partial charge in [0.25, 0.3) is 0 Å². The third-order valence-electron chi connectivity index (χ3n) is 4.52. The standard InChI is InChI=1S/C15H24N4O2/c1-11-17-14(18-21-11)8-12-4-3-7-19(10-12)15(20)13-5-2-6-16-9-13/h12-13,16H,2-10H2,1H3/t12-,13+/m0/s1. The molecule has 21 heavy (non-hydrogen) atoms. The maximum atomic E-state index is 12.6. The van der Waals surface area contributed by atoms with Crippen LogP contribution in [0.15, 0.2) is 4.52 Å². The summed E-state index contributed by atoms with van der Waals surface area (Å²) >= 11 is 0. The molecule has 1 amide bonds. The minimum Gasteiger partial charge on any atom is -0.342 e. The Bertz CT molecular complexity index is 482. The monoisotopic (exact) mass is 292 g/mol. The molecule has 6 nitrogen and oxygen atoms in total. The van der Waals surface area contributed by atoms with Gasteiger partial charge in [-0.15, -0.1) is 0 Å². The van der Waals surface area contributed by atoms with Crippen LogP contribution in [0, 0.1) is 18.8 Å². The summed E-state index contributed by atoms with van der Waals surface area (Å²) in [4.78, 5) is 18.9. The Labute approximate surface area is 125 Å². The van der Waals surface area contributed by atoms with E-state index in [4.69, 9.17) is 4.52 Å². The van der Waals surface area contributed by atoms with Gasteiger partial charge in [0.15, 0.2) is 5.82 Å². The Balaban J connectivity index is 1.56. The molecule has 0 aliphatic carbocycles. The van der Waals surface area contributed by atoms with Crippen molar-refractivity contribution < 1.29 is 9.32 Å². The molecule has 2 aliphatic heterocycles. The van der Waals surface area contributed by atoms with Crippen LogP contribution in [-0.4, -0.2) is 47.1 Å². The number of carbonyl (C=O) groups is 1. The van der Waals surface area contributed by atoms with E-state index in [-0.39, 0.29) is 5.92 Å². The molecule has 0 bridgehead atoms. The van der Waals surface area contributed by atoms with Crippen LogP contribution < -0.4 is 5.32 Å². The molecule has 116 valence electrons. The van der Waals surface area contributed by atoms with Gasteiger partial charge in [-0.05, 0) is 38.1 Å². The molecule has 0 unspecified atom stereocenters. The lowest BCUT2D eigenvalue weighted by atomic mass is 9.92. The number of amides is 1. The summed E-state index contributed by atoms with van der Waals surface area (Å²) in [6, 6.07) is 0. The Hall–Kier alpha value is -1.43. The number of hydrogen-bond donors (Lipinski definition) is 1. The Morgan fingerprint density at radius 3 is 3.05 bits per heavy atom. The minimum absolute atomic E-state index is 0.171. The van der Waals surface area contributed by atoms with E-state index >= 15 is 0 Å². The highest BCUT2D eigenvalue weighted by Gasteiger charge is 2.30. The summed E-state index contributed by atoms with van der Waals surface area (Å²) in [6.45, 7) is 5.43. The van der Waals surface area contributed by atoms with Crippen molar-refractivity contribution in [2.75, 3.05) is 26.2 Å². The zero-order valence-electron chi connectivity index (χ0n) is 12.7. The molecule has 3 heterocycles. The molecule has 2 atom stereocenters. The summed E-state index contributed by atoms with van der Waals surface area (Å²) in [7, 11) is 0. The first-order valence-corrected chi connectivity index (χ1v) is 8.01. The lowest BCUT2D eigenvalue weighted by Gasteiger charge is -2.35. The summed E-state index contributed by atoms with van der Waals surface area (Å²) in [5.41, 5.74) is 0. The van der Waals surface area contributed by atoms with Crippen LogP contribution in [0.2, 0.25) is 0 Å². The molecule has 0 radical (unpaired) electrons. The summed E-state index contributed by atoms with van der Waals surface area (Å²) in [5, 5.41) is 7.30. The second-order valence-corrected chi connectivity index (χ2v) is 6.27. The van der Waals surface area contributed by atoms with Gasteiger partial charge >= 0.3 is 0 Å². The van der Waals surface area contributed by atoms with Gasteiger partial charge in [0.1, 0.15) is 0 Å². The molecule has 3 rings (SSSR count). The van der Waals surface area contributed by atoms with Crippen LogP contribution in [0.1, 0.15) is 37.4 Å². The van der Waals surface area contributed by atoms with E-state index in [1.165, 1.54) is 0 Å². The highest BCUT2D eigenvalue weighted by molar-refractivity contribution is 5.79. The van der Waals surface area contributed by atoms with Crippen molar-refractivity contribution >= 4 is 5.91 Å². The predicted molar refractivity (Wildman–Crippen MR) is 77.6 cm³/mol. The minimum atomic E-state index is 0.171. The Kier molecular flexibility index (Phi) is 4.53. The molecular weight excluding hydrogens is 268 g/mol. The van der Waals surface area contributed by atoms with Gasteiger partial charge in [-0.2, -0.15) is 4.98 Å². The number of aromatic nitrogens is 2. The van der Waals surface area contributed by atoms with Crippen LogP contribution >= 0.6 is 0 Å². The molecular formula is C15H24N4O2. The van der Waals surface area contributed by atoms with E-state index in [9.17, 15) is 4.79 Å². The molecule has 2 fully saturated rings. The average Bonchev–Trinajstić information content (AvgIpc) is 2.93.